The lowest BCUT2D eigenvalue weighted by Gasteiger charge is -2.07. The summed E-state index contributed by atoms with van der Waals surface area (Å²) in [6, 6.07) is 8.25. The molecule has 2 nitrogen and oxygen atoms in total. The normalized spacial score (nSPS) is 10.7. The predicted molar refractivity (Wildman–Crippen MR) is 71.5 cm³/mol. The van der Waals surface area contributed by atoms with E-state index < -0.39 is 0 Å². The number of ether oxygens (including phenoxy) is 1. The Kier molecular flexibility index (Phi) is 3.97. The van der Waals surface area contributed by atoms with Crippen molar-refractivity contribution in [2.45, 2.75) is 32.6 Å². The third-order valence-electron chi connectivity index (χ3n) is 3.09. The van der Waals surface area contributed by atoms with Crippen LogP contribution in [0.15, 0.2) is 30.5 Å². The minimum atomic E-state index is 0.871. The number of pyridine rings is 1. The van der Waals surface area contributed by atoms with Crippen LogP contribution in [0.2, 0.25) is 0 Å². The van der Waals surface area contributed by atoms with E-state index in [0.29, 0.717) is 0 Å². The van der Waals surface area contributed by atoms with Gasteiger partial charge < -0.3 is 4.74 Å². The van der Waals surface area contributed by atoms with E-state index in [-0.39, 0.29) is 0 Å². The Balaban J connectivity index is 2.30. The van der Waals surface area contributed by atoms with Gasteiger partial charge in [-0.3, -0.25) is 4.98 Å². The van der Waals surface area contributed by atoms with Gasteiger partial charge in [0.05, 0.1) is 12.6 Å². The molecule has 0 aliphatic carbocycles. The SMILES string of the molecule is CCCCCc1ccnc2cc(OC)ccc12. The molecule has 0 aliphatic heterocycles. The first-order valence-corrected chi connectivity index (χ1v) is 6.26. The van der Waals surface area contributed by atoms with Gasteiger partial charge in [0.25, 0.3) is 0 Å². The number of methoxy groups -OCH3 is 1. The maximum atomic E-state index is 5.22. The number of benzene rings is 1. The molecule has 0 amide bonds. The monoisotopic (exact) mass is 229 g/mol. The zero-order chi connectivity index (χ0) is 12.1. The van der Waals surface area contributed by atoms with Gasteiger partial charge >= 0.3 is 0 Å². The lowest BCUT2D eigenvalue weighted by atomic mass is 10.0. The highest BCUT2D eigenvalue weighted by Gasteiger charge is 2.03. The molecule has 17 heavy (non-hydrogen) atoms. The maximum absolute atomic E-state index is 5.22. The van der Waals surface area contributed by atoms with Gasteiger partial charge in [-0.05, 0) is 36.6 Å². The Hall–Kier alpha value is -1.57. The number of nitrogens with zero attached hydrogens (tertiary/aromatic N) is 1. The van der Waals surface area contributed by atoms with Crippen molar-refractivity contribution in [3.8, 4) is 5.75 Å². The molecule has 2 aromatic rings. The average molecular weight is 229 g/mol. The Morgan fingerprint density at radius 1 is 1.18 bits per heavy atom. The quantitative estimate of drug-likeness (QED) is 0.723. The lowest BCUT2D eigenvalue weighted by molar-refractivity contribution is 0.415. The van der Waals surface area contributed by atoms with E-state index in [0.717, 1.165) is 17.7 Å². The molecule has 2 heteroatoms. The van der Waals surface area contributed by atoms with Crippen LogP contribution in [0.25, 0.3) is 10.9 Å². The summed E-state index contributed by atoms with van der Waals surface area (Å²) in [6.07, 6.45) is 6.83. The molecule has 1 aromatic heterocycles. The number of aromatic nitrogens is 1. The molecule has 1 aromatic carbocycles. The van der Waals surface area contributed by atoms with Crippen LogP contribution in [-0.2, 0) is 6.42 Å². The molecule has 2 rings (SSSR count). The number of unbranched alkanes of at least 4 members (excludes halogenated alkanes) is 2. The minimum absolute atomic E-state index is 0.871. The highest BCUT2D eigenvalue weighted by atomic mass is 16.5. The molecule has 0 saturated carbocycles. The third kappa shape index (κ3) is 2.76. The highest BCUT2D eigenvalue weighted by Crippen LogP contribution is 2.23. The van der Waals surface area contributed by atoms with E-state index in [4.69, 9.17) is 4.74 Å². The molecule has 0 saturated heterocycles. The molecule has 90 valence electrons. The molecule has 0 radical (unpaired) electrons. The first-order chi connectivity index (χ1) is 8.35. The second-order valence-corrected chi connectivity index (χ2v) is 4.31. The number of hydrogen-bond acceptors (Lipinski definition) is 2. The van der Waals surface area contributed by atoms with E-state index in [1.165, 1.54) is 30.2 Å². The molecule has 0 atom stereocenters. The molecular weight excluding hydrogens is 210 g/mol. The topological polar surface area (TPSA) is 22.1 Å². The van der Waals surface area contributed by atoms with Gasteiger partial charge in [-0.2, -0.15) is 0 Å². The molecule has 0 bridgehead atoms. The van der Waals surface area contributed by atoms with Crippen molar-refractivity contribution in [3.63, 3.8) is 0 Å². The van der Waals surface area contributed by atoms with Crippen LogP contribution in [-0.4, -0.2) is 12.1 Å². The smallest absolute Gasteiger partial charge is 0.121 e. The lowest BCUT2D eigenvalue weighted by Crippen LogP contribution is -1.91. The Labute approximate surface area is 103 Å². The molecule has 0 fully saturated rings. The fraction of sp³-hybridized carbons (Fsp3) is 0.400. The van der Waals surface area contributed by atoms with E-state index in [9.17, 15) is 0 Å². The van der Waals surface area contributed by atoms with E-state index in [2.05, 4.69) is 24.0 Å². The summed E-state index contributed by atoms with van der Waals surface area (Å²) < 4.78 is 5.22. The first-order valence-electron chi connectivity index (χ1n) is 6.26. The number of hydrogen-bond donors (Lipinski definition) is 0. The van der Waals surface area contributed by atoms with E-state index in [1.807, 2.05) is 18.3 Å². The predicted octanol–water partition coefficient (Wildman–Crippen LogP) is 3.98. The second-order valence-electron chi connectivity index (χ2n) is 4.31. The van der Waals surface area contributed by atoms with Crippen molar-refractivity contribution >= 4 is 10.9 Å². The molecule has 0 unspecified atom stereocenters. The van der Waals surface area contributed by atoms with Gasteiger partial charge in [-0.1, -0.05) is 19.8 Å². The standard InChI is InChI=1S/C15H19NO/c1-3-4-5-6-12-9-10-16-15-11-13(17-2)7-8-14(12)15/h7-11H,3-6H2,1-2H3. The van der Waals surface area contributed by atoms with Crippen LogP contribution in [0, 0.1) is 0 Å². The van der Waals surface area contributed by atoms with Gasteiger partial charge in [0.15, 0.2) is 0 Å². The van der Waals surface area contributed by atoms with Crippen LogP contribution in [0.1, 0.15) is 31.7 Å². The van der Waals surface area contributed by atoms with Crippen LogP contribution >= 0.6 is 0 Å². The van der Waals surface area contributed by atoms with Crippen LogP contribution in [0.3, 0.4) is 0 Å². The van der Waals surface area contributed by atoms with Gasteiger partial charge in [-0.25, -0.2) is 0 Å². The average Bonchev–Trinajstić information content (AvgIpc) is 2.38. The Morgan fingerprint density at radius 3 is 2.82 bits per heavy atom. The summed E-state index contributed by atoms with van der Waals surface area (Å²) in [5, 5.41) is 1.25. The van der Waals surface area contributed by atoms with Crippen molar-refractivity contribution in [2.75, 3.05) is 7.11 Å². The van der Waals surface area contributed by atoms with Crippen LogP contribution in [0.4, 0.5) is 0 Å². The summed E-state index contributed by atoms with van der Waals surface area (Å²) in [6.45, 7) is 2.23. The summed E-state index contributed by atoms with van der Waals surface area (Å²) in [5.74, 6) is 0.871. The van der Waals surface area contributed by atoms with Gasteiger partial charge in [0, 0.05) is 17.6 Å². The van der Waals surface area contributed by atoms with Gasteiger partial charge in [0.2, 0.25) is 0 Å². The fourth-order valence-electron chi connectivity index (χ4n) is 2.10. The van der Waals surface area contributed by atoms with Crippen LogP contribution in [0.5, 0.6) is 5.75 Å². The second kappa shape index (κ2) is 5.67. The number of rotatable bonds is 5. The van der Waals surface area contributed by atoms with Crippen molar-refractivity contribution in [2.24, 2.45) is 0 Å². The number of fused-ring (bicyclic) bond motifs is 1. The summed E-state index contributed by atoms with van der Waals surface area (Å²) in [5.41, 5.74) is 2.42. The van der Waals surface area contributed by atoms with Crippen molar-refractivity contribution in [1.82, 2.24) is 4.98 Å². The molecule has 0 aliphatic rings. The Morgan fingerprint density at radius 2 is 2.06 bits per heavy atom. The van der Waals surface area contributed by atoms with Crippen molar-refractivity contribution < 1.29 is 4.74 Å². The molecule has 1 heterocycles. The highest BCUT2D eigenvalue weighted by molar-refractivity contribution is 5.83. The summed E-state index contributed by atoms with van der Waals surface area (Å²) in [7, 11) is 1.69. The molecule has 0 N–H and O–H groups in total. The van der Waals surface area contributed by atoms with Crippen molar-refractivity contribution in [1.29, 1.82) is 0 Å². The zero-order valence-corrected chi connectivity index (χ0v) is 10.6. The number of aryl methyl sites for hydroxylation is 1. The maximum Gasteiger partial charge on any atom is 0.121 e. The minimum Gasteiger partial charge on any atom is -0.497 e. The summed E-state index contributed by atoms with van der Waals surface area (Å²) >= 11 is 0. The largest absolute Gasteiger partial charge is 0.497 e. The van der Waals surface area contributed by atoms with E-state index >= 15 is 0 Å². The summed E-state index contributed by atoms with van der Waals surface area (Å²) in [4.78, 5) is 4.40. The molecular formula is C15H19NO. The van der Waals surface area contributed by atoms with Crippen LogP contribution < -0.4 is 4.74 Å². The Bertz CT molecular complexity index is 493. The zero-order valence-electron chi connectivity index (χ0n) is 10.6. The van der Waals surface area contributed by atoms with Gasteiger partial charge in [0.1, 0.15) is 5.75 Å². The van der Waals surface area contributed by atoms with Crippen molar-refractivity contribution in [3.05, 3.63) is 36.0 Å². The first kappa shape index (κ1) is 11.9. The fourth-order valence-corrected chi connectivity index (χ4v) is 2.10. The van der Waals surface area contributed by atoms with E-state index in [1.54, 1.807) is 7.11 Å². The molecule has 0 spiro atoms. The third-order valence-corrected chi connectivity index (χ3v) is 3.09. The van der Waals surface area contributed by atoms with Gasteiger partial charge in [-0.15, -0.1) is 0 Å².